The zero-order valence-corrected chi connectivity index (χ0v) is 9.13. The zero-order valence-electron chi connectivity index (χ0n) is 9.13. The van der Waals surface area contributed by atoms with Crippen molar-refractivity contribution in [1.82, 2.24) is 0 Å². The number of hydrogen-bond acceptors (Lipinski definition) is 3. The van der Waals surface area contributed by atoms with Gasteiger partial charge in [0.1, 0.15) is 11.9 Å². The van der Waals surface area contributed by atoms with Gasteiger partial charge in [-0.3, -0.25) is 0 Å². The third-order valence-corrected chi connectivity index (χ3v) is 3.50. The summed E-state index contributed by atoms with van der Waals surface area (Å²) in [4.78, 5) is 0. The van der Waals surface area contributed by atoms with Crippen molar-refractivity contribution in [1.29, 1.82) is 0 Å². The summed E-state index contributed by atoms with van der Waals surface area (Å²) in [6.45, 7) is 1.43. The number of fused-ring (bicyclic) bond motifs is 1. The first kappa shape index (κ1) is 10.1. The van der Waals surface area contributed by atoms with E-state index in [9.17, 15) is 5.11 Å². The molecule has 0 saturated carbocycles. The van der Waals surface area contributed by atoms with Crippen molar-refractivity contribution in [3.8, 4) is 5.75 Å². The number of rotatable bonds is 2. The van der Waals surface area contributed by atoms with E-state index in [1.165, 1.54) is 5.56 Å². The van der Waals surface area contributed by atoms with Crippen molar-refractivity contribution in [3.63, 3.8) is 0 Å². The minimum Gasteiger partial charge on any atom is -0.487 e. The minimum atomic E-state index is -0.408. The van der Waals surface area contributed by atoms with E-state index in [-0.39, 0.29) is 12.0 Å². The van der Waals surface area contributed by atoms with Gasteiger partial charge >= 0.3 is 0 Å². The van der Waals surface area contributed by atoms with E-state index in [2.05, 4.69) is 6.07 Å². The van der Waals surface area contributed by atoms with E-state index in [1.807, 2.05) is 18.2 Å². The van der Waals surface area contributed by atoms with Crippen LogP contribution in [0.5, 0.6) is 5.75 Å². The molecule has 0 spiro atoms. The summed E-state index contributed by atoms with van der Waals surface area (Å²) in [6.07, 6.45) is 1.25. The van der Waals surface area contributed by atoms with E-state index >= 15 is 0 Å². The lowest BCUT2D eigenvalue weighted by Crippen LogP contribution is -2.36. The highest BCUT2D eigenvalue weighted by Gasteiger charge is 2.35. The average molecular weight is 220 g/mol. The maximum absolute atomic E-state index is 10.2. The fraction of sp³-hybridized carbons (Fsp3) is 0.538. The molecule has 1 aromatic carbocycles. The van der Waals surface area contributed by atoms with Crippen LogP contribution in [-0.4, -0.2) is 30.5 Å². The molecule has 1 N–H and O–H groups in total. The molecule has 0 aromatic heterocycles. The molecule has 3 nitrogen and oxygen atoms in total. The second-order valence-electron chi connectivity index (χ2n) is 4.58. The van der Waals surface area contributed by atoms with E-state index in [0.717, 1.165) is 25.2 Å². The molecule has 2 aliphatic heterocycles. The third-order valence-electron chi connectivity index (χ3n) is 3.50. The van der Waals surface area contributed by atoms with Gasteiger partial charge in [0.2, 0.25) is 0 Å². The minimum absolute atomic E-state index is 0.0934. The Hall–Kier alpha value is -1.06. The van der Waals surface area contributed by atoms with Crippen LogP contribution >= 0.6 is 0 Å². The fourth-order valence-electron chi connectivity index (χ4n) is 2.53. The Labute approximate surface area is 95.0 Å². The molecule has 86 valence electrons. The van der Waals surface area contributed by atoms with Gasteiger partial charge in [0, 0.05) is 18.9 Å². The Bertz CT molecular complexity index is 346. The van der Waals surface area contributed by atoms with Gasteiger partial charge < -0.3 is 14.6 Å². The van der Waals surface area contributed by atoms with Crippen LogP contribution < -0.4 is 4.74 Å². The second-order valence-corrected chi connectivity index (χ2v) is 4.58. The van der Waals surface area contributed by atoms with Gasteiger partial charge in [0.05, 0.1) is 12.7 Å². The second kappa shape index (κ2) is 4.07. The average Bonchev–Trinajstić information content (AvgIpc) is 2.97. The van der Waals surface area contributed by atoms with Crippen LogP contribution in [0.1, 0.15) is 12.0 Å². The topological polar surface area (TPSA) is 38.7 Å². The molecule has 2 aliphatic rings. The Morgan fingerprint density at radius 2 is 2.19 bits per heavy atom. The van der Waals surface area contributed by atoms with Crippen LogP contribution in [0.3, 0.4) is 0 Å². The molecule has 0 bridgehead atoms. The van der Waals surface area contributed by atoms with E-state index in [4.69, 9.17) is 9.47 Å². The van der Waals surface area contributed by atoms with Crippen LogP contribution in [0, 0.1) is 5.92 Å². The van der Waals surface area contributed by atoms with Gasteiger partial charge in [-0.25, -0.2) is 0 Å². The third kappa shape index (κ3) is 1.70. The molecule has 1 fully saturated rings. The Morgan fingerprint density at radius 3 is 2.94 bits per heavy atom. The van der Waals surface area contributed by atoms with Gasteiger partial charge in [0.25, 0.3) is 0 Å². The maximum atomic E-state index is 10.2. The lowest BCUT2D eigenvalue weighted by atomic mass is 9.94. The number of para-hydroxylation sites is 1. The van der Waals surface area contributed by atoms with Crippen molar-refractivity contribution in [2.45, 2.75) is 25.0 Å². The molecular weight excluding hydrogens is 204 g/mol. The van der Waals surface area contributed by atoms with E-state index < -0.39 is 6.10 Å². The van der Waals surface area contributed by atoms with Crippen LogP contribution in [0.2, 0.25) is 0 Å². The standard InChI is InChI=1S/C13H16O3/c14-13(10-5-6-15-8-10)12-7-9-3-1-2-4-11(9)16-12/h1-4,10,12-14H,5-8H2. The van der Waals surface area contributed by atoms with Gasteiger partial charge in [-0.2, -0.15) is 0 Å². The first-order valence-corrected chi connectivity index (χ1v) is 5.85. The number of benzene rings is 1. The summed E-state index contributed by atoms with van der Waals surface area (Å²) < 4.78 is 11.1. The summed E-state index contributed by atoms with van der Waals surface area (Å²) in [6, 6.07) is 8.00. The highest BCUT2D eigenvalue weighted by molar-refractivity contribution is 5.37. The number of aliphatic hydroxyl groups is 1. The maximum Gasteiger partial charge on any atom is 0.129 e. The van der Waals surface area contributed by atoms with Crippen molar-refractivity contribution >= 4 is 0 Å². The highest BCUT2D eigenvalue weighted by Crippen LogP contribution is 2.32. The Balaban J connectivity index is 1.70. The van der Waals surface area contributed by atoms with Crippen LogP contribution in [-0.2, 0) is 11.2 Å². The first-order valence-electron chi connectivity index (χ1n) is 5.85. The molecule has 3 atom stereocenters. The largest absolute Gasteiger partial charge is 0.487 e. The molecule has 0 aliphatic carbocycles. The molecule has 0 amide bonds. The summed E-state index contributed by atoms with van der Waals surface area (Å²) in [7, 11) is 0. The Morgan fingerprint density at radius 1 is 1.31 bits per heavy atom. The summed E-state index contributed by atoms with van der Waals surface area (Å²) in [5.74, 6) is 1.16. The van der Waals surface area contributed by atoms with Crippen molar-refractivity contribution in [3.05, 3.63) is 29.8 Å². The van der Waals surface area contributed by atoms with Crippen LogP contribution in [0.15, 0.2) is 24.3 Å². The summed E-state index contributed by atoms with van der Waals surface area (Å²) >= 11 is 0. The summed E-state index contributed by atoms with van der Waals surface area (Å²) in [5, 5.41) is 10.2. The highest BCUT2D eigenvalue weighted by atomic mass is 16.5. The molecule has 16 heavy (non-hydrogen) atoms. The van der Waals surface area contributed by atoms with E-state index in [1.54, 1.807) is 0 Å². The molecule has 1 saturated heterocycles. The number of hydrogen-bond donors (Lipinski definition) is 1. The Kier molecular flexibility index (Phi) is 2.58. The zero-order chi connectivity index (χ0) is 11.0. The predicted molar refractivity (Wildman–Crippen MR) is 59.5 cm³/mol. The van der Waals surface area contributed by atoms with Crippen molar-refractivity contribution in [2.24, 2.45) is 5.92 Å². The lowest BCUT2D eigenvalue weighted by molar-refractivity contribution is 0.00458. The van der Waals surface area contributed by atoms with Gasteiger partial charge in [-0.05, 0) is 18.1 Å². The van der Waals surface area contributed by atoms with Gasteiger partial charge in [-0.15, -0.1) is 0 Å². The van der Waals surface area contributed by atoms with E-state index in [0.29, 0.717) is 6.61 Å². The predicted octanol–water partition coefficient (Wildman–Crippen LogP) is 1.39. The molecule has 3 heteroatoms. The molecule has 1 aromatic rings. The number of ether oxygens (including phenoxy) is 2. The van der Waals surface area contributed by atoms with Crippen LogP contribution in [0.4, 0.5) is 0 Å². The smallest absolute Gasteiger partial charge is 0.129 e. The van der Waals surface area contributed by atoms with Crippen molar-refractivity contribution < 1.29 is 14.6 Å². The van der Waals surface area contributed by atoms with Crippen LogP contribution in [0.25, 0.3) is 0 Å². The molecule has 3 unspecified atom stereocenters. The fourth-order valence-corrected chi connectivity index (χ4v) is 2.53. The SMILES string of the molecule is OC(C1CCOC1)C1Cc2ccccc2O1. The molecule has 2 heterocycles. The molecule has 0 radical (unpaired) electrons. The molecular formula is C13H16O3. The van der Waals surface area contributed by atoms with Gasteiger partial charge in [0.15, 0.2) is 0 Å². The lowest BCUT2D eigenvalue weighted by Gasteiger charge is -2.22. The normalized spacial score (nSPS) is 29.8. The summed E-state index contributed by atoms with van der Waals surface area (Å²) in [5.41, 5.74) is 1.20. The monoisotopic (exact) mass is 220 g/mol. The van der Waals surface area contributed by atoms with Crippen molar-refractivity contribution in [2.75, 3.05) is 13.2 Å². The number of aliphatic hydroxyl groups excluding tert-OH is 1. The quantitative estimate of drug-likeness (QED) is 0.818. The molecule has 3 rings (SSSR count). The van der Waals surface area contributed by atoms with Gasteiger partial charge in [-0.1, -0.05) is 18.2 Å². The first-order chi connectivity index (χ1) is 7.84.